The first kappa shape index (κ1) is 14.0. The third-order valence-corrected chi connectivity index (χ3v) is 7.80. The lowest BCUT2D eigenvalue weighted by molar-refractivity contribution is 1.04. The maximum absolute atomic E-state index is 2.32. The fraction of sp³-hybridized carbons (Fsp3) is 0.500. The van der Waals surface area contributed by atoms with Crippen molar-refractivity contribution < 1.29 is 0 Å². The lowest BCUT2D eigenvalue weighted by atomic mass is 10.2. The SMILES string of the molecule is CCCP(CCC)Cc1sc2ccccc2c1C. The number of hydrogen-bond acceptors (Lipinski definition) is 1. The van der Waals surface area contributed by atoms with Gasteiger partial charge >= 0.3 is 0 Å². The third kappa shape index (κ3) is 3.13. The van der Waals surface area contributed by atoms with Gasteiger partial charge in [-0.2, -0.15) is 0 Å². The van der Waals surface area contributed by atoms with E-state index in [1.165, 1.54) is 47.0 Å². The fourth-order valence-electron chi connectivity index (χ4n) is 2.48. The predicted octanol–water partition coefficient (Wildman–Crippen LogP) is 6.01. The second-order valence-electron chi connectivity index (χ2n) is 4.92. The van der Waals surface area contributed by atoms with E-state index in [4.69, 9.17) is 0 Å². The number of hydrogen-bond donors (Lipinski definition) is 0. The van der Waals surface area contributed by atoms with Crippen LogP contribution in [0.25, 0.3) is 10.1 Å². The Balaban J connectivity index is 2.22. The summed E-state index contributed by atoms with van der Waals surface area (Å²) < 4.78 is 1.47. The Morgan fingerprint density at radius 3 is 2.33 bits per heavy atom. The molecule has 0 nitrogen and oxygen atoms in total. The van der Waals surface area contributed by atoms with Gasteiger partial charge in [0, 0.05) is 15.7 Å². The maximum Gasteiger partial charge on any atom is 0.0348 e. The molecule has 0 N–H and O–H groups in total. The summed E-state index contributed by atoms with van der Waals surface area (Å²) >= 11 is 2.02. The first-order valence-electron chi connectivity index (χ1n) is 6.95. The molecule has 0 saturated carbocycles. The minimum atomic E-state index is 0.220. The van der Waals surface area contributed by atoms with Gasteiger partial charge in [-0.05, 0) is 36.3 Å². The first-order chi connectivity index (χ1) is 8.76. The van der Waals surface area contributed by atoms with Crippen molar-refractivity contribution in [3.63, 3.8) is 0 Å². The molecule has 2 rings (SSSR count). The van der Waals surface area contributed by atoms with Crippen LogP contribution in [-0.4, -0.2) is 12.3 Å². The molecule has 98 valence electrons. The minimum Gasteiger partial charge on any atom is -0.140 e. The highest BCUT2D eigenvalue weighted by Gasteiger charge is 2.13. The Kier molecular flexibility index (Phi) is 5.21. The largest absolute Gasteiger partial charge is 0.140 e. The molecule has 0 spiro atoms. The average molecular weight is 278 g/mol. The molecule has 0 atom stereocenters. The van der Waals surface area contributed by atoms with E-state index < -0.39 is 0 Å². The Morgan fingerprint density at radius 1 is 1.06 bits per heavy atom. The number of thiophene rings is 1. The second-order valence-corrected chi connectivity index (χ2v) is 8.61. The van der Waals surface area contributed by atoms with E-state index in [0.717, 1.165) is 0 Å². The molecular weight excluding hydrogens is 255 g/mol. The van der Waals surface area contributed by atoms with Crippen LogP contribution in [0.1, 0.15) is 37.1 Å². The van der Waals surface area contributed by atoms with Gasteiger partial charge in [0.05, 0.1) is 0 Å². The Hall–Kier alpha value is -0.390. The molecule has 1 aromatic heterocycles. The molecule has 0 saturated heterocycles. The van der Waals surface area contributed by atoms with Gasteiger partial charge in [0.25, 0.3) is 0 Å². The first-order valence-corrected chi connectivity index (χ1v) is 9.67. The smallest absolute Gasteiger partial charge is 0.0348 e. The lowest BCUT2D eigenvalue weighted by Gasteiger charge is -2.15. The number of aryl methyl sites for hydroxylation is 1. The number of benzene rings is 1. The lowest BCUT2D eigenvalue weighted by Crippen LogP contribution is -1.92. The molecule has 0 aliphatic heterocycles. The molecule has 0 radical (unpaired) electrons. The normalized spacial score (nSPS) is 11.6. The van der Waals surface area contributed by atoms with E-state index in [1.54, 1.807) is 4.88 Å². The summed E-state index contributed by atoms with van der Waals surface area (Å²) in [7, 11) is 0.220. The molecule has 2 aromatic rings. The van der Waals surface area contributed by atoms with Gasteiger partial charge in [-0.25, -0.2) is 0 Å². The predicted molar refractivity (Wildman–Crippen MR) is 87.5 cm³/mol. The molecule has 0 bridgehead atoms. The molecule has 0 aliphatic carbocycles. The van der Waals surface area contributed by atoms with Crippen LogP contribution >= 0.6 is 19.3 Å². The van der Waals surface area contributed by atoms with Crippen LogP contribution in [-0.2, 0) is 6.16 Å². The maximum atomic E-state index is 2.32. The van der Waals surface area contributed by atoms with Crippen LogP contribution in [0.15, 0.2) is 24.3 Å². The van der Waals surface area contributed by atoms with Crippen molar-refractivity contribution in [3.05, 3.63) is 34.7 Å². The van der Waals surface area contributed by atoms with Gasteiger partial charge < -0.3 is 0 Å². The molecule has 0 fully saturated rings. The summed E-state index contributed by atoms with van der Waals surface area (Å²) in [5.41, 5.74) is 1.54. The summed E-state index contributed by atoms with van der Waals surface area (Å²) in [5.74, 6) is 0. The fourth-order valence-corrected chi connectivity index (χ4v) is 6.74. The number of rotatable bonds is 6. The van der Waals surface area contributed by atoms with Crippen LogP contribution in [0.4, 0.5) is 0 Å². The van der Waals surface area contributed by atoms with Crippen LogP contribution < -0.4 is 0 Å². The van der Waals surface area contributed by atoms with Crippen molar-refractivity contribution >= 4 is 29.3 Å². The molecular formula is C16H23PS. The summed E-state index contributed by atoms with van der Waals surface area (Å²) in [6, 6.07) is 8.85. The van der Waals surface area contributed by atoms with E-state index >= 15 is 0 Å². The van der Waals surface area contributed by atoms with Gasteiger partial charge in [-0.15, -0.1) is 19.3 Å². The summed E-state index contributed by atoms with van der Waals surface area (Å²) in [5, 5.41) is 1.47. The highest BCUT2D eigenvalue weighted by atomic mass is 32.1. The molecule has 1 heterocycles. The van der Waals surface area contributed by atoms with Crippen LogP contribution in [0, 0.1) is 6.92 Å². The van der Waals surface area contributed by atoms with Gasteiger partial charge in [0.2, 0.25) is 0 Å². The van der Waals surface area contributed by atoms with E-state index in [2.05, 4.69) is 45.0 Å². The molecule has 0 unspecified atom stereocenters. The van der Waals surface area contributed by atoms with Crippen LogP contribution in [0.3, 0.4) is 0 Å². The summed E-state index contributed by atoms with van der Waals surface area (Å²) in [6.07, 6.45) is 6.92. The Labute approximate surface area is 116 Å². The molecule has 18 heavy (non-hydrogen) atoms. The minimum absolute atomic E-state index is 0.220. The quantitative estimate of drug-likeness (QED) is 0.567. The van der Waals surface area contributed by atoms with Crippen molar-refractivity contribution in [3.8, 4) is 0 Å². The van der Waals surface area contributed by atoms with Gasteiger partial charge in [0.15, 0.2) is 0 Å². The topological polar surface area (TPSA) is 0 Å². The zero-order chi connectivity index (χ0) is 13.0. The highest BCUT2D eigenvalue weighted by molar-refractivity contribution is 7.57. The Bertz CT molecular complexity index is 495. The van der Waals surface area contributed by atoms with Crippen LogP contribution in [0.2, 0.25) is 0 Å². The Morgan fingerprint density at radius 2 is 1.72 bits per heavy atom. The van der Waals surface area contributed by atoms with Gasteiger partial charge in [0.1, 0.15) is 0 Å². The van der Waals surface area contributed by atoms with Crippen molar-refractivity contribution in [1.82, 2.24) is 0 Å². The standard InChI is InChI=1S/C16H23PS/c1-4-10-17(11-5-2)12-16-13(3)14-8-6-7-9-15(14)18-16/h6-9H,4-5,10-12H2,1-3H3. The van der Waals surface area contributed by atoms with Crippen molar-refractivity contribution in [1.29, 1.82) is 0 Å². The molecule has 0 aliphatic rings. The van der Waals surface area contributed by atoms with Crippen molar-refractivity contribution in [2.24, 2.45) is 0 Å². The monoisotopic (exact) mass is 278 g/mol. The number of fused-ring (bicyclic) bond motifs is 1. The highest BCUT2D eigenvalue weighted by Crippen LogP contribution is 2.44. The van der Waals surface area contributed by atoms with Crippen molar-refractivity contribution in [2.45, 2.75) is 39.8 Å². The third-order valence-electron chi connectivity index (χ3n) is 3.39. The van der Waals surface area contributed by atoms with Gasteiger partial charge in [-0.3, -0.25) is 0 Å². The molecule has 1 aromatic carbocycles. The zero-order valence-electron chi connectivity index (χ0n) is 11.7. The summed E-state index contributed by atoms with van der Waals surface area (Å²) in [6.45, 7) is 6.95. The van der Waals surface area contributed by atoms with E-state index in [9.17, 15) is 0 Å². The van der Waals surface area contributed by atoms with E-state index in [-0.39, 0.29) is 7.92 Å². The van der Waals surface area contributed by atoms with Crippen LogP contribution in [0.5, 0.6) is 0 Å². The van der Waals surface area contributed by atoms with Gasteiger partial charge in [-0.1, -0.05) is 44.9 Å². The molecule has 0 amide bonds. The zero-order valence-corrected chi connectivity index (χ0v) is 13.4. The van der Waals surface area contributed by atoms with Crippen molar-refractivity contribution in [2.75, 3.05) is 12.3 Å². The summed E-state index contributed by atoms with van der Waals surface area (Å²) in [4.78, 5) is 1.64. The second kappa shape index (κ2) is 6.68. The van der Waals surface area contributed by atoms with E-state index in [1.807, 2.05) is 11.3 Å². The van der Waals surface area contributed by atoms with E-state index in [0.29, 0.717) is 0 Å². The molecule has 2 heteroatoms. The average Bonchev–Trinajstić information content (AvgIpc) is 2.68.